The summed E-state index contributed by atoms with van der Waals surface area (Å²) in [6.07, 6.45) is 8.34. The predicted molar refractivity (Wildman–Crippen MR) is 54.0 cm³/mol. The zero-order valence-corrected chi connectivity index (χ0v) is 8.28. The molecule has 3 heteroatoms. The molecule has 14 heavy (non-hydrogen) atoms. The molecule has 0 heterocycles. The molecule has 0 atom stereocenters. The standard InChI is InChI=1S/C11H17NO2/c13-10(14)2-1-7-12-11(8-3-4-8)9-5-6-9/h1-2,8-9,11-12H,3-7H2,(H,13,14)/b2-1+. The lowest BCUT2D eigenvalue weighted by atomic mass is 10.1. The molecule has 0 aromatic carbocycles. The maximum absolute atomic E-state index is 10.2. The molecular weight excluding hydrogens is 178 g/mol. The largest absolute Gasteiger partial charge is 0.478 e. The molecule has 3 nitrogen and oxygen atoms in total. The van der Waals surface area contributed by atoms with Gasteiger partial charge in [0.2, 0.25) is 0 Å². The number of rotatable bonds is 6. The third-order valence-electron chi connectivity index (χ3n) is 2.99. The second-order valence-corrected chi connectivity index (χ2v) is 4.35. The Morgan fingerprint density at radius 3 is 2.36 bits per heavy atom. The van der Waals surface area contributed by atoms with Gasteiger partial charge in [-0.2, -0.15) is 0 Å². The minimum atomic E-state index is -0.860. The molecule has 2 N–H and O–H groups in total. The van der Waals surface area contributed by atoms with Crippen molar-refractivity contribution in [2.24, 2.45) is 11.8 Å². The molecule has 2 aliphatic carbocycles. The van der Waals surface area contributed by atoms with Crippen LogP contribution in [0.4, 0.5) is 0 Å². The van der Waals surface area contributed by atoms with Gasteiger partial charge in [0.1, 0.15) is 0 Å². The Morgan fingerprint density at radius 1 is 1.36 bits per heavy atom. The van der Waals surface area contributed by atoms with Crippen LogP contribution >= 0.6 is 0 Å². The molecule has 0 bridgehead atoms. The quantitative estimate of drug-likeness (QED) is 0.630. The van der Waals surface area contributed by atoms with E-state index in [1.807, 2.05) is 0 Å². The Bertz CT molecular complexity index is 230. The Labute approximate surface area is 84.2 Å². The first kappa shape index (κ1) is 9.71. The average molecular weight is 195 g/mol. The monoisotopic (exact) mass is 195 g/mol. The second kappa shape index (κ2) is 4.13. The van der Waals surface area contributed by atoms with E-state index in [1.165, 1.54) is 31.8 Å². The molecule has 0 aromatic rings. The van der Waals surface area contributed by atoms with Gasteiger partial charge in [-0.3, -0.25) is 0 Å². The number of carboxylic acids is 1. The Kier molecular flexibility index (Phi) is 2.87. The molecular formula is C11H17NO2. The first-order valence-electron chi connectivity index (χ1n) is 5.40. The van der Waals surface area contributed by atoms with Crippen molar-refractivity contribution in [3.05, 3.63) is 12.2 Å². The summed E-state index contributed by atoms with van der Waals surface area (Å²) in [5.41, 5.74) is 0. The molecule has 0 aromatic heterocycles. The lowest BCUT2D eigenvalue weighted by molar-refractivity contribution is -0.131. The van der Waals surface area contributed by atoms with E-state index in [-0.39, 0.29) is 0 Å². The molecule has 2 saturated carbocycles. The van der Waals surface area contributed by atoms with E-state index in [0.717, 1.165) is 11.8 Å². The van der Waals surface area contributed by atoms with Crippen molar-refractivity contribution in [3.63, 3.8) is 0 Å². The number of aliphatic carboxylic acids is 1. The van der Waals surface area contributed by atoms with E-state index in [4.69, 9.17) is 5.11 Å². The van der Waals surface area contributed by atoms with Gasteiger partial charge < -0.3 is 10.4 Å². The van der Waals surface area contributed by atoms with Crippen LogP contribution in [0.25, 0.3) is 0 Å². The Morgan fingerprint density at radius 2 is 1.93 bits per heavy atom. The smallest absolute Gasteiger partial charge is 0.328 e. The van der Waals surface area contributed by atoms with Gasteiger partial charge >= 0.3 is 5.97 Å². The number of carbonyl (C=O) groups is 1. The number of hydrogen-bond acceptors (Lipinski definition) is 2. The van der Waals surface area contributed by atoms with Gasteiger partial charge in [-0.25, -0.2) is 4.79 Å². The van der Waals surface area contributed by atoms with Gasteiger partial charge in [0.15, 0.2) is 0 Å². The minimum Gasteiger partial charge on any atom is -0.478 e. The van der Waals surface area contributed by atoms with Gasteiger partial charge in [0, 0.05) is 18.7 Å². The summed E-state index contributed by atoms with van der Waals surface area (Å²) in [5.74, 6) is 0.891. The van der Waals surface area contributed by atoms with E-state index >= 15 is 0 Å². The van der Waals surface area contributed by atoms with E-state index in [2.05, 4.69) is 5.32 Å². The summed E-state index contributed by atoms with van der Waals surface area (Å²) in [4.78, 5) is 10.2. The summed E-state index contributed by atoms with van der Waals surface area (Å²) in [6, 6.07) is 0.661. The van der Waals surface area contributed by atoms with Gasteiger partial charge in [-0.05, 0) is 37.5 Å². The van der Waals surface area contributed by atoms with E-state index in [1.54, 1.807) is 6.08 Å². The average Bonchev–Trinajstić information content (AvgIpc) is 2.99. The highest BCUT2D eigenvalue weighted by molar-refractivity contribution is 5.79. The summed E-state index contributed by atoms with van der Waals surface area (Å²) in [7, 11) is 0. The highest BCUT2D eigenvalue weighted by atomic mass is 16.4. The molecule has 2 aliphatic rings. The molecule has 0 saturated heterocycles. The summed E-state index contributed by atoms with van der Waals surface area (Å²) in [5, 5.41) is 11.9. The normalized spacial score (nSPS) is 22.1. The topological polar surface area (TPSA) is 49.3 Å². The summed E-state index contributed by atoms with van der Waals surface area (Å²) in [6.45, 7) is 0.698. The zero-order chi connectivity index (χ0) is 9.97. The number of carboxylic acid groups (broad SMARTS) is 1. The van der Waals surface area contributed by atoms with Crippen LogP contribution in [0.3, 0.4) is 0 Å². The SMILES string of the molecule is O=C(O)/C=C/CNC(C1CC1)C1CC1. The minimum absolute atomic E-state index is 0.661. The maximum atomic E-state index is 10.2. The summed E-state index contributed by atoms with van der Waals surface area (Å²) >= 11 is 0. The molecule has 0 radical (unpaired) electrons. The molecule has 0 amide bonds. The number of hydrogen-bond donors (Lipinski definition) is 2. The third kappa shape index (κ3) is 2.84. The van der Waals surface area contributed by atoms with Crippen LogP contribution in [-0.4, -0.2) is 23.7 Å². The summed E-state index contributed by atoms with van der Waals surface area (Å²) < 4.78 is 0. The number of nitrogens with one attached hydrogen (secondary N) is 1. The third-order valence-corrected chi connectivity index (χ3v) is 2.99. The maximum Gasteiger partial charge on any atom is 0.328 e. The lowest BCUT2D eigenvalue weighted by Gasteiger charge is -2.15. The van der Waals surface area contributed by atoms with Crippen molar-refractivity contribution < 1.29 is 9.90 Å². The van der Waals surface area contributed by atoms with Crippen LogP contribution in [-0.2, 0) is 4.79 Å². The Hall–Kier alpha value is -0.830. The van der Waals surface area contributed by atoms with Crippen molar-refractivity contribution in [1.29, 1.82) is 0 Å². The Balaban J connectivity index is 1.69. The highest BCUT2D eigenvalue weighted by Gasteiger charge is 2.40. The van der Waals surface area contributed by atoms with Gasteiger partial charge in [0.25, 0.3) is 0 Å². The van der Waals surface area contributed by atoms with Crippen molar-refractivity contribution in [1.82, 2.24) is 5.32 Å². The molecule has 0 spiro atoms. The highest BCUT2D eigenvalue weighted by Crippen LogP contribution is 2.44. The molecule has 2 fully saturated rings. The molecule has 78 valence electrons. The van der Waals surface area contributed by atoms with Crippen LogP contribution in [0.2, 0.25) is 0 Å². The van der Waals surface area contributed by atoms with Crippen LogP contribution in [0, 0.1) is 11.8 Å². The second-order valence-electron chi connectivity index (χ2n) is 4.35. The zero-order valence-electron chi connectivity index (χ0n) is 8.28. The van der Waals surface area contributed by atoms with Gasteiger partial charge in [0.05, 0.1) is 0 Å². The first-order valence-corrected chi connectivity index (χ1v) is 5.40. The van der Waals surface area contributed by atoms with E-state index in [0.29, 0.717) is 12.6 Å². The molecule has 0 aliphatic heterocycles. The first-order chi connectivity index (χ1) is 6.77. The van der Waals surface area contributed by atoms with Crippen LogP contribution in [0.5, 0.6) is 0 Å². The van der Waals surface area contributed by atoms with Crippen LogP contribution in [0.15, 0.2) is 12.2 Å². The fourth-order valence-electron chi connectivity index (χ4n) is 1.99. The van der Waals surface area contributed by atoms with Crippen molar-refractivity contribution in [2.75, 3.05) is 6.54 Å². The van der Waals surface area contributed by atoms with Gasteiger partial charge in [-0.1, -0.05) is 6.08 Å². The fraction of sp³-hybridized carbons (Fsp3) is 0.727. The van der Waals surface area contributed by atoms with Crippen molar-refractivity contribution >= 4 is 5.97 Å². The van der Waals surface area contributed by atoms with E-state index in [9.17, 15) is 4.79 Å². The van der Waals surface area contributed by atoms with Gasteiger partial charge in [-0.15, -0.1) is 0 Å². The molecule has 0 unspecified atom stereocenters. The fourth-order valence-corrected chi connectivity index (χ4v) is 1.99. The lowest BCUT2D eigenvalue weighted by Crippen LogP contribution is -2.33. The van der Waals surface area contributed by atoms with Crippen LogP contribution < -0.4 is 5.32 Å². The van der Waals surface area contributed by atoms with E-state index < -0.39 is 5.97 Å². The molecule has 2 rings (SSSR count). The predicted octanol–water partition coefficient (Wildman–Crippen LogP) is 1.41. The van der Waals surface area contributed by atoms with Crippen molar-refractivity contribution in [3.8, 4) is 0 Å². The van der Waals surface area contributed by atoms with Crippen LogP contribution in [0.1, 0.15) is 25.7 Å². The van der Waals surface area contributed by atoms with Crippen molar-refractivity contribution in [2.45, 2.75) is 31.7 Å².